The molecule has 0 aliphatic carbocycles. The molecule has 1 saturated heterocycles. The molecule has 2 N–H and O–H groups in total. The highest BCUT2D eigenvalue weighted by Gasteiger charge is 2.23. The quantitative estimate of drug-likeness (QED) is 0.700. The summed E-state index contributed by atoms with van der Waals surface area (Å²) in [5.41, 5.74) is 0. The van der Waals surface area contributed by atoms with Crippen LogP contribution in [0.1, 0.15) is 33.1 Å². The van der Waals surface area contributed by atoms with Crippen molar-refractivity contribution in [3.05, 3.63) is 0 Å². The van der Waals surface area contributed by atoms with Crippen LogP contribution in [-0.4, -0.2) is 36.4 Å². The van der Waals surface area contributed by atoms with E-state index in [9.17, 15) is 4.79 Å². The molecule has 15 heavy (non-hydrogen) atoms. The van der Waals surface area contributed by atoms with Crippen LogP contribution in [0.3, 0.4) is 0 Å². The van der Waals surface area contributed by atoms with E-state index in [4.69, 9.17) is 9.84 Å². The Morgan fingerprint density at radius 2 is 2.33 bits per heavy atom. The van der Waals surface area contributed by atoms with Gasteiger partial charge in [0, 0.05) is 25.1 Å². The van der Waals surface area contributed by atoms with Crippen molar-refractivity contribution in [3.8, 4) is 0 Å². The molecule has 0 spiro atoms. The van der Waals surface area contributed by atoms with E-state index in [1.54, 1.807) is 0 Å². The zero-order chi connectivity index (χ0) is 11.3. The van der Waals surface area contributed by atoms with E-state index >= 15 is 0 Å². The summed E-state index contributed by atoms with van der Waals surface area (Å²) in [6.07, 6.45) is 2.04. The van der Waals surface area contributed by atoms with Crippen LogP contribution in [0, 0.1) is 5.92 Å². The standard InChI is InChI=1S/C11H21NO3/c1-8(3-4-11(13)14)12-9(2)10-5-6-15-7-10/h8-10,12H,3-7H2,1-2H3,(H,13,14). The number of rotatable bonds is 6. The van der Waals surface area contributed by atoms with Gasteiger partial charge < -0.3 is 15.2 Å². The zero-order valence-electron chi connectivity index (χ0n) is 9.53. The van der Waals surface area contributed by atoms with Gasteiger partial charge in [-0.2, -0.15) is 0 Å². The smallest absolute Gasteiger partial charge is 0.303 e. The summed E-state index contributed by atoms with van der Waals surface area (Å²) in [4.78, 5) is 10.4. The first-order valence-electron chi connectivity index (χ1n) is 5.65. The summed E-state index contributed by atoms with van der Waals surface area (Å²) < 4.78 is 5.32. The molecule has 1 heterocycles. The van der Waals surface area contributed by atoms with Gasteiger partial charge in [0.2, 0.25) is 0 Å². The second-order valence-corrected chi connectivity index (χ2v) is 4.41. The van der Waals surface area contributed by atoms with E-state index in [0.29, 0.717) is 18.4 Å². The molecule has 3 unspecified atom stereocenters. The van der Waals surface area contributed by atoms with Crippen LogP contribution in [0.5, 0.6) is 0 Å². The molecule has 0 amide bonds. The minimum Gasteiger partial charge on any atom is -0.481 e. The van der Waals surface area contributed by atoms with Gasteiger partial charge in [0.15, 0.2) is 0 Å². The van der Waals surface area contributed by atoms with E-state index in [1.165, 1.54) is 0 Å². The van der Waals surface area contributed by atoms with Crippen LogP contribution in [-0.2, 0) is 9.53 Å². The number of hydrogen-bond donors (Lipinski definition) is 2. The Hall–Kier alpha value is -0.610. The first-order chi connectivity index (χ1) is 7.09. The average Bonchev–Trinajstić information content (AvgIpc) is 2.67. The Kier molecular flexibility index (Phi) is 5.05. The Morgan fingerprint density at radius 1 is 1.60 bits per heavy atom. The summed E-state index contributed by atoms with van der Waals surface area (Å²) in [6, 6.07) is 0.674. The van der Waals surface area contributed by atoms with Crippen molar-refractivity contribution in [1.29, 1.82) is 0 Å². The molecule has 0 saturated carbocycles. The number of carbonyl (C=O) groups is 1. The number of carboxylic acids is 1. The van der Waals surface area contributed by atoms with Crippen molar-refractivity contribution in [1.82, 2.24) is 5.32 Å². The highest BCUT2D eigenvalue weighted by atomic mass is 16.5. The third-order valence-corrected chi connectivity index (χ3v) is 3.01. The van der Waals surface area contributed by atoms with Crippen LogP contribution < -0.4 is 5.32 Å². The second kappa shape index (κ2) is 6.08. The lowest BCUT2D eigenvalue weighted by atomic mass is 9.99. The van der Waals surface area contributed by atoms with Crippen molar-refractivity contribution >= 4 is 5.97 Å². The summed E-state index contributed by atoms with van der Waals surface area (Å²) >= 11 is 0. The van der Waals surface area contributed by atoms with Gasteiger partial charge in [0.05, 0.1) is 6.61 Å². The number of carboxylic acid groups (broad SMARTS) is 1. The molecule has 4 nitrogen and oxygen atoms in total. The number of ether oxygens (including phenoxy) is 1. The van der Waals surface area contributed by atoms with Crippen molar-refractivity contribution < 1.29 is 14.6 Å². The first-order valence-corrected chi connectivity index (χ1v) is 5.65. The Morgan fingerprint density at radius 3 is 2.87 bits per heavy atom. The molecule has 1 aliphatic rings. The van der Waals surface area contributed by atoms with Gasteiger partial charge in [-0.05, 0) is 32.6 Å². The molecule has 0 bridgehead atoms. The molecule has 4 heteroatoms. The fourth-order valence-electron chi connectivity index (χ4n) is 1.96. The lowest BCUT2D eigenvalue weighted by Gasteiger charge is -2.23. The predicted octanol–water partition coefficient (Wildman–Crippen LogP) is 1.25. The molecule has 88 valence electrons. The normalized spacial score (nSPS) is 25.1. The van der Waals surface area contributed by atoms with Gasteiger partial charge in [-0.3, -0.25) is 4.79 Å². The van der Waals surface area contributed by atoms with Crippen LogP contribution in [0.25, 0.3) is 0 Å². The van der Waals surface area contributed by atoms with Crippen molar-refractivity contribution in [2.45, 2.75) is 45.2 Å². The Bertz CT molecular complexity index is 202. The van der Waals surface area contributed by atoms with E-state index in [-0.39, 0.29) is 12.5 Å². The van der Waals surface area contributed by atoms with E-state index in [1.807, 2.05) is 6.92 Å². The van der Waals surface area contributed by atoms with Gasteiger partial charge in [-0.15, -0.1) is 0 Å². The molecular formula is C11H21NO3. The van der Waals surface area contributed by atoms with Gasteiger partial charge in [-0.25, -0.2) is 0 Å². The molecular weight excluding hydrogens is 194 g/mol. The van der Waals surface area contributed by atoms with Crippen LogP contribution >= 0.6 is 0 Å². The lowest BCUT2D eigenvalue weighted by molar-refractivity contribution is -0.137. The summed E-state index contributed by atoms with van der Waals surface area (Å²) in [6.45, 7) is 5.88. The minimum absolute atomic E-state index is 0.238. The first kappa shape index (κ1) is 12.5. The molecule has 1 aliphatic heterocycles. The van der Waals surface area contributed by atoms with Gasteiger partial charge in [-0.1, -0.05) is 0 Å². The largest absolute Gasteiger partial charge is 0.481 e. The molecule has 0 aromatic rings. The molecule has 1 fully saturated rings. The van der Waals surface area contributed by atoms with Gasteiger partial charge in [0.1, 0.15) is 0 Å². The van der Waals surface area contributed by atoms with Crippen molar-refractivity contribution in [3.63, 3.8) is 0 Å². The number of nitrogens with one attached hydrogen (secondary N) is 1. The highest BCUT2D eigenvalue weighted by Crippen LogP contribution is 2.17. The third kappa shape index (κ3) is 4.62. The maximum atomic E-state index is 10.4. The van der Waals surface area contributed by atoms with Gasteiger partial charge >= 0.3 is 5.97 Å². The summed E-state index contributed by atoms with van der Waals surface area (Å²) in [7, 11) is 0. The lowest BCUT2D eigenvalue weighted by Crippen LogP contribution is -2.40. The second-order valence-electron chi connectivity index (χ2n) is 4.41. The van der Waals surface area contributed by atoms with Crippen LogP contribution in [0.2, 0.25) is 0 Å². The molecule has 0 aromatic carbocycles. The molecule has 0 aromatic heterocycles. The summed E-state index contributed by atoms with van der Waals surface area (Å²) in [5, 5.41) is 12.0. The fourth-order valence-corrected chi connectivity index (χ4v) is 1.96. The van der Waals surface area contributed by atoms with Gasteiger partial charge in [0.25, 0.3) is 0 Å². The fraction of sp³-hybridized carbons (Fsp3) is 0.909. The SMILES string of the molecule is CC(CCC(=O)O)NC(C)C1CCOC1. The number of hydrogen-bond acceptors (Lipinski definition) is 3. The maximum Gasteiger partial charge on any atom is 0.303 e. The molecule has 1 rings (SSSR count). The topological polar surface area (TPSA) is 58.6 Å². The van der Waals surface area contributed by atoms with Crippen molar-refractivity contribution in [2.24, 2.45) is 5.92 Å². The molecule has 0 radical (unpaired) electrons. The Balaban J connectivity index is 2.18. The summed E-state index contributed by atoms with van der Waals surface area (Å²) in [5.74, 6) is -0.141. The van der Waals surface area contributed by atoms with E-state index in [2.05, 4.69) is 12.2 Å². The maximum absolute atomic E-state index is 10.4. The highest BCUT2D eigenvalue weighted by molar-refractivity contribution is 5.66. The van der Waals surface area contributed by atoms with Crippen LogP contribution in [0.4, 0.5) is 0 Å². The molecule has 3 atom stereocenters. The average molecular weight is 215 g/mol. The Labute approximate surface area is 91.0 Å². The predicted molar refractivity (Wildman–Crippen MR) is 57.9 cm³/mol. The van der Waals surface area contributed by atoms with Crippen molar-refractivity contribution in [2.75, 3.05) is 13.2 Å². The van der Waals surface area contributed by atoms with E-state index < -0.39 is 5.97 Å². The minimum atomic E-state index is -0.722. The van der Waals surface area contributed by atoms with Crippen LogP contribution in [0.15, 0.2) is 0 Å². The zero-order valence-corrected chi connectivity index (χ0v) is 9.53. The number of aliphatic carboxylic acids is 1. The van der Waals surface area contributed by atoms with E-state index in [0.717, 1.165) is 19.6 Å². The third-order valence-electron chi connectivity index (χ3n) is 3.01. The monoisotopic (exact) mass is 215 g/mol.